The number of hydrogen-bond acceptors (Lipinski definition) is 4. The molecule has 0 aliphatic carbocycles. The van der Waals surface area contributed by atoms with E-state index in [-0.39, 0.29) is 0 Å². The van der Waals surface area contributed by atoms with Gasteiger partial charge < -0.3 is 19.3 Å². The summed E-state index contributed by atoms with van der Waals surface area (Å²) in [6.45, 7) is 6.12. The molecule has 5 nitrogen and oxygen atoms in total. The summed E-state index contributed by atoms with van der Waals surface area (Å²) in [6.07, 6.45) is 2.91. The van der Waals surface area contributed by atoms with E-state index in [1.165, 1.54) is 5.69 Å². The van der Waals surface area contributed by atoms with Crippen LogP contribution in [0, 0.1) is 6.92 Å². The van der Waals surface area contributed by atoms with E-state index in [1.54, 1.807) is 6.92 Å². The first kappa shape index (κ1) is 13.5. The van der Waals surface area contributed by atoms with Gasteiger partial charge in [0.05, 0.1) is 6.61 Å². The van der Waals surface area contributed by atoms with Crippen molar-refractivity contribution in [2.24, 2.45) is 0 Å². The quantitative estimate of drug-likeness (QED) is 0.675. The van der Waals surface area contributed by atoms with E-state index in [1.807, 2.05) is 13.1 Å². The van der Waals surface area contributed by atoms with Gasteiger partial charge in [-0.25, -0.2) is 4.98 Å². The highest BCUT2D eigenvalue weighted by molar-refractivity contribution is 7.39. The van der Waals surface area contributed by atoms with E-state index in [0.717, 1.165) is 12.2 Å². The van der Waals surface area contributed by atoms with Crippen molar-refractivity contribution in [1.29, 1.82) is 0 Å². The van der Waals surface area contributed by atoms with E-state index in [0.29, 0.717) is 6.61 Å². The molecule has 1 aromatic heterocycles. The second kappa shape index (κ2) is 7.88. The molecule has 82 valence electrons. The van der Waals surface area contributed by atoms with E-state index in [4.69, 9.17) is 9.79 Å². The van der Waals surface area contributed by atoms with Crippen molar-refractivity contribution in [3.63, 3.8) is 0 Å². The molecule has 0 saturated heterocycles. The van der Waals surface area contributed by atoms with Crippen molar-refractivity contribution in [1.82, 2.24) is 9.97 Å². The summed E-state index contributed by atoms with van der Waals surface area (Å²) in [5.74, 6) is 1.00. The molecule has 1 aromatic rings. The van der Waals surface area contributed by atoms with E-state index < -0.39 is 8.60 Å². The number of nitrogens with zero attached hydrogens (tertiary/aromatic N) is 1. The van der Waals surface area contributed by atoms with E-state index in [9.17, 15) is 0 Å². The maximum atomic E-state index is 7.95. The van der Waals surface area contributed by atoms with E-state index >= 15 is 0 Å². The molecule has 3 N–H and O–H groups in total. The molecule has 0 atom stereocenters. The van der Waals surface area contributed by atoms with Gasteiger partial charge in [0, 0.05) is 11.9 Å². The lowest BCUT2D eigenvalue weighted by Gasteiger charge is -1.95. The van der Waals surface area contributed by atoms with Crippen molar-refractivity contribution in [3.8, 4) is 0 Å². The fourth-order valence-electron chi connectivity index (χ4n) is 0.767. The number of imidazole rings is 1. The lowest BCUT2D eigenvalue weighted by Crippen LogP contribution is -1.78. The zero-order valence-electron chi connectivity index (χ0n) is 8.69. The minimum Gasteiger partial charge on any atom is -0.346 e. The van der Waals surface area contributed by atoms with Crippen LogP contribution in [0.4, 0.5) is 0 Å². The summed E-state index contributed by atoms with van der Waals surface area (Å²) < 4.78 is 4.22. The topological polar surface area (TPSA) is 78.4 Å². The van der Waals surface area contributed by atoms with E-state index in [2.05, 4.69) is 21.4 Å². The van der Waals surface area contributed by atoms with Gasteiger partial charge in [-0.15, -0.1) is 0 Å². The Balaban J connectivity index is 0.000000255. The van der Waals surface area contributed by atoms with Gasteiger partial charge in [0.15, 0.2) is 0 Å². The molecular formula is C8H17N2O3P. The third-order valence-electron chi connectivity index (χ3n) is 1.38. The first-order valence-corrected chi connectivity index (χ1v) is 5.57. The van der Waals surface area contributed by atoms with Crippen LogP contribution in [0.1, 0.15) is 25.4 Å². The standard InChI is InChI=1S/C6H10N2.C2H7O3P/c1-3-6-4-7-5(2)8-6;1-2-5-6(3)4/h4H,3H2,1-2H3,(H,7,8);3-4H,2H2,1H3. The Bertz CT molecular complexity index is 240. The Morgan fingerprint density at radius 1 is 1.50 bits per heavy atom. The van der Waals surface area contributed by atoms with Gasteiger partial charge in [0.25, 0.3) is 0 Å². The zero-order chi connectivity index (χ0) is 11.0. The number of H-pyrrole nitrogens is 1. The molecule has 0 saturated carbocycles. The van der Waals surface area contributed by atoms with Gasteiger partial charge in [-0.1, -0.05) is 6.92 Å². The van der Waals surface area contributed by atoms with Gasteiger partial charge in [0.1, 0.15) is 5.82 Å². The number of aryl methyl sites for hydroxylation is 2. The molecule has 0 aromatic carbocycles. The van der Waals surface area contributed by atoms with Crippen LogP contribution in [-0.2, 0) is 10.9 Å². The highest BCUT2D eigenvalue weighted by atomic mass is 31.2. The van der Waals surface area contributed by atoms with Gasteiger partial charge in [0.2, 0.25) is 0 Å². The van der Waals surface area contributed by atoms with Gasteiger partial charge in [-0.3, -0.25) is 0 Å². The zero-order valence-corrected chi connectivity index (χ0v) is 9.58. The molecule has 0 aliphatic rings. The second-order valence-electron chi connectivity index (χ2n) is 2.52. The molecule has 1 heterocycles. The average Bonchev–Trinajstić information content (AvgIpc) is 2.52. The predicted molar refractivity (Wildman–Crippen MR) is 55.7 cm³/mol. The molecule has 6 heteroatoms. The van der Waals surface area contributed by atoms with Crippen molar-refractivity contribution in [2.75, 3.05) is 6.61 Å². The summed E-state index contributed by atoms with van der Waals surface area (Å²) in [7, 11) is -2.10. The highest BCUT2D eigenvalue weighted by Crippen LogP contribution is 2.22. The summed E-state index contributed by atoms with van der Waals surface area (Å²) in [5, 5.41) is 0. The Labute approximate surface area is 85.2 Å². The lowest BCUT2D eigenvalue weighted by atomic mass is 10.4. The maximum Gasteiger partial charge on any atom is 0.327 e. The fourth-order valence-corrected chi connectivity index (χ4v) is 0.998. The fraction of sp³-hybridized carbons (Fsp3) is 0.625. The predicted octanol–water partition coefficient (Wildman–Crippen LogP) is 1.51. The molecule has 0 fully saturated rings. The minimum atomic E-state index is -2.10. The molecule has 14 heavy (non-hydrogen) atoms. The van der Waals surface area contributed by atoms with Crippen LogP contribution < -0.4 is 0 Å². The minimum absolute atomic E-state index is 0.360. The van der Waals surface area contributed by atoms with Gasteiger partial charge in [-0.2, -0.15) is 0 Å². The normalized spacial score (nSPS) is 9.86. The molecule has 0 aliphatic heterocycles. The number of hydrogen-bond donors (Lipinski definition) is 3. The van der Waals surface area contributed by atoms with Crippen molar-refractivity contribution in [2.45, 2.75) is 27.2 Å². The van der Waals surface area contributed by atoms with Crippen LogP contribution in [0.2, 0.25) is 0 Å². The summed E-state index contributed by atoms with van der Waals surface area (Å²) in [4.78, 5) is 23.0. The summed E-state index contributed by atoms with van der Waals surface area (Å²) in [5.41, 5.74) is 1.21. The third-order valence-corrected chi connectivity index (χ3v) is 1.87. The van der Waals surface area contributed by atoms with Crippen molar-refractivity contribution in [3.05, 3.63) is 17.7 Å². The first-order chi connectivity index (χ1) is 6.60. The van der Waals surface area contributed by atoms with Gasteiger partial charge >= 0.3 is 8.60 Å². The molecule has 0 radical (unpaired) electrons. The monoisotopic (exact) mass is 220 g/mol. The average molecular weight is 220 g/mol. The third kappa shape index (κ3) is 6.97. The van der Waals surface area contributed by atoms with Crippen LogP contribution in [0.25, 0.3) is 0 Å². The smallest absolute Gasteiger partial charge is 0.327 e. The Morgan fingerprint density at radius 2 is 2.14 bits per heavy atom. The van der Waals surface area contributed by atoms with Crippen molar-refractivity contribution >= 4 is 8.60 Å². The molecule has 0 bridgehead atoms. The first-order valence-electron chi connectivity index (χ1n) is 4.41. The molecule has 0 unspecified atom stereocenters. The number of rotatable bonds is 3. The SMILES string of the molecule is CCOP(O)O.CCc1cnc(C)[nH]1. The molecule has 0 spiro atoms. The Kier molecular flexibility index (Phi) is 7.61. The number of aromatic amines is 1. The summed E-state index contributed by atoms with van der Waals surface area (Å²) in [6, 6.07) is 0. The number of nitrogens with one attached hydrogen (secondary N) is 1. The Morgan fingerprint density at radius 3 is 2.29 bits per heavy atom. The van der Waals surface area contributed by atoms with Crippen LogP contribution in [0.5, 0.6) is 0 Å². The lowest BCUT2D eigenvalue weighted by molar-refractivity contribution is 0.269. The molecule has 1 rings (SSSR count). The van der Waals surface area contributed by atoms with Crippen LogP contribution >= 0.6 is 8.60 Å². The summed E-state index contributed by atoms with van der Waals surface area (Å²) >= 11 is 0. The second-order valence-corrected chi connectivity index (χ2v) is 3.28. The van der Waals surface area contributed by atoms with Crippen LogP contribution in [0.3, 0.4) is 0 Å². The van der Waals surface area contributed by atoms with Gasteiger partial charge in [-0.05, 0) is 20.3 Å². The molecule has 0 amide bonds. The van der Waals surface area contributed by atoms with Crippen LogP contribution in [0.15, 0.2) is 6.20 Å². The maximum absolute atomic E-state index is 7.95. The van der Waals surface area contributed by atoms with Crippen molar-refractivity contribution < 1.29 is 14.3 Å². The largest absolute Gasteiger partial charge is 0.346 e. The number of aromatic nitrogens is 2. The van der Waals surface area contributed by atoms with Crippen LogP contribution in [-0.4, -0.2) is 26.4 Å². The molecular weight excluding hydrogens is 203 g/mol. The Hall–Kier alpha value is -0.480. The highest BCUT2D eigenvalue weighted by Gasteiger charge is 1.91.